The van der Waals surface area contributed by atoms with Gasteiger partial charge >= 0.3 is 0 Å². The van der Waals surface area contributed by atoms with Gasteiger partial charge in [-0.2, -0.15) is 0 Å². The van der Waals surface area contributed by atoms with Gasteiger partial charge in [-0.25, -0.2) is 0 Å². The zero-order valence-electron chi connectivity index (χ0n) is 13.4. The first kappa shape index (κ1) is 15.5. The molecule has 0 fully saturated rings. The minimum absolute atomic E-state index is 0.652. The lowest BCUT2D eigenvalue weighted by Gasteiger charge is -2.24. The van der Waals surface area contributed by atoms with Crippen LogP contribution < -0.4 is 10.2 Å². The van der Waals surface area contributed by atoms with E-state index in [4.69, 9.17) is 0 Å². The highest BCUT2D eigenvalue weighted by atomic mass is 15.1. The summed E-state index contributed by atoms with van der Waals surface area (Å²) in [4.78, 5) is 6.51. The molecule has 0 bridgehead atoms. The van der Waals surface area contributed by atoms with Gasteiger partial charge in [-0.15, -0.1) is 0 Å². The van der Waals surface area contributed by atoms with Crippen LogP contribution in [0.2, 0.25) is 0 Å². The zero-order valence-corrected chi connectivity index (χ0v) is 13.4. The van der Waals surface area contributed by atoms with E-state index in [9.17, 15) is 0 Å². The van der Waals surface area contributed by atoms with Gasteiger partial charge in [-0.05, 0) is 37.1 Å². The fourth-order valence-electron chi connectivity index (χ4n) is 2.45. The molecule has 3 heteroatoms. The Morgan fingerprint density at radius 2 is 1.90 bits per heavy atom. The molecule has 1 aromatic carbocycles. The Hall–Kier alpha value is -1.87. The van der Waals surface area contributed by atoms with Crippen LogP contribution in [-0.2, 0) is 6.54 Å². The van der Waals surface area contributed by atoms with Gasteiger partial charge < -0.3 is 10.2 Å². The zero-order chi connectivity index (χ0) is 15.2. The van der Waals surface area contributed by atoms with Crippen molar-refractivity contribution in [1.29, 1.82) is 0 Å². The molecule has 21 heavy (non-hydrogen) atoms. The Kier molecular flexibility index (Phi) is 5.34. The van der Waals surface area contributed by atoms with E-state index in [1.165, 1.54) is 22.5 Å². The fourth-order valence-corrected chi connectivity index (χ4v) is 2.45. The third kappa shape index (κ3) is 4.05. The summed E-state index contributed by atoms with van der Waals surface area (Å²) in [7, 11) is 2.11. The summed E-state index contributed by atoms with van der Waals surface area (Å²) in [6.07, 6.45) is 3.81. The number of hydrogen-bond donors (Lipinski definition) is 1. The molecule has 1 aromatic heterocycles. The summed E-state index contributed by atoms with van der Waals surface area (Å²) in [6, 6.07) is 10.5. The average Bonchev–Trinajstić information content (AvgIpc) is 2.47. The van der Waals surface area contributed by atoms with Crippen LogP contribution in [0.4, 0.5) is 11.4 Å². The van der Waals surface area contributed by atoms with Crippen molar-refractivity contribution in [2.75, 3.05) is 18.5 Å². The molecule has 0 unspecified atom stereocenters. The van der Waals surface area contributed by atoms with Crippen LogP contribution in [0.25, 0.3) is 0 Å². The number of benzene rings is 1. The Balaban J connectivity index is 2.21. The molecule has 1 heterocycles. The largest absolute Gasteiger partial charge is 0.344 e. The first-order chi connectivity index (χ1) is 10.1. The van der Waals surface area contributed by atoms with Crippen molar-refractivity contribution >= 4 is 11.4 Å². The quantitative estimate of drug-likeness (QED) is 0.871. The minimum atomic E-state index is 0.652. The number of anilines is 2. The number of nitrogens with one attached hydrogen (secondary N) is 1. The van der Waals surface area contributed by atoms with Crippen LogP contribution >= 0.6 is 0 Å². The summed E-state index contributed by atoms with van der Waals surface area (Å²) in [5.74, 6) is 0.652. The van der Waals surface area contributed by atoms with Gasteiger partial charge in [-0.3, -0.25) is 4.98 Å². The second-order valence-corrected chi connectivity index (χ2v) is 5.87. The number of nitrogens with zero attached hydrogens (tertiary/aromatic N) is 2. The molecule has 0 radical (unpaired) electrons. The molecule has 1 N–H and O–H groups in total. The van der Waals surface area contributed by atoms with Crippen LogP contribution in [-0.4, -0.2) is 18.6 Å². The molecule has 0 saturated carbocycles. The van der Waals surface area contributed by atoms with Gasteiger partial charge in [0.25, 0.3) is 0 Å². The maximum atomic E-state index is 4.27. The molecule has 3 nitrogen and oxygen atoms in total. The Bertz CT molecular complexity index is 578. The van der Waals surface area contributed by atoms with E-state index in [-0.39, 0.29) is 0 Å². The van der Waals surface area contributed by atoms with E-state index in [1.807, 2.05) is 12.4 Å². The fraction of sp³-hybridized carbons (Fsp3) is 0.389. The van der Waals surface area contributed by atoms with Gasteiger partial charge in [0.1, 0.15) is 0 Å². The predicted molar refractivity (Wildman–Crippen MR) is 90.0 cm³/mol. The monoisotopic (exact) mass is 283 g/mol. The first-order valence-electron chi connectivity index (χ1n) is 7.52. The summed E-state index contributed by atoms with van der Waals surface area (Å²) in [5.41, 5.74) is 4.94. The van der Waals surface area contributed by atoms with Crippen molar-refractivity contribution in [2.45, 2.75) is 27.3 Å². The van der Waals surface area contributed by atoms with Crippen LogP contribution in [0.15, 0.2) is 42.7 Å². The summed E-state index contributed by atoms with van der Waals surface area (Å²) in [5, 5.41) is 3.50. The second-order valence-electron chi connectivity index (χ2n) is 5.87. The van der Waals surface area contributed by atoms with E-state index in [0.29, 0.717) is 5.92 Å². The summed E-state index contributed by atoms with van der Waals surface area (Å²) in [6.45, 7) is 8.44. The van der Waals surface area contributed by atoms with Crippen molar-refractivity contribution < 1.29 is 0 Å². The molecule has 0 aliphatic carbocycles. The standard InChI is InChI=1S/C18H25N3/c1-14(2)11-20-13-16-12-19-10-9-18(16)21(4)17-8-6-5-7-15(17)3/h5-10,12,14,20H,11,13H2,1-4H3. The minimum Gasteiger partial charge on any atom is -0.344 e. The van der Waals surface area contributed by atoms with Gasteiger partial charge in [-0.1, -0.05) is 32.0 Å². The van der Waals surface area contributed by atoms with Crippen LogP contribution in [0.3, 0.4) is 0 Å². The van der Waals surface area contributed by atoms with Gasteiger partial charge in [0.2, 0.25) is 0 Å². The van der Waals surface area contributed by atoms with Crippen LogP contribution in [0, 0.1) is 12.8 Å². The molecule has 0 spiro atoms. The van der Waals surface area contributed by atoms with Crippen molar-refractivity contribution in [1.82, 2.24) is 10.3 Å². The highest BCUT2D eigenvalue weighted by Gasteiger charge is 2.10. The highest BCUT2D eigenvalue weighted by molar-refractivity contribution is 5.67. The maximum Gasteiger partial charge on any atom is 0.0484 e. The molecule has 0 aliphatic heterocycles. The van der Waals surface area contributed by atoms with E-state index in [1.54, 1.807) is 0 Å². The SMILES string of the molecule is Cc1ccccc1N(C)c1ccncc1CNCC(C)C. The molecular formula is C18H25N3. The average molecular weight is 283 g/mol. The first-order valence-corrected chi connectivity index (χ1v) is 7.52. The molecule has 2 aromatic rings. The van der Waals surface area contributed by atoms with Crippen LogP contribution in [0.1, 0.15) is 25.0 Å². The number of aryl methyl sites for hydroxylation is 1. The normalized spacial score (nSPS) is 10.9. The van der Waals surface area contributed by atoms with Crippen LogP contribution in [0.5, 0.6) is 0 Å². The Labute approximate surface area is 128 Å². The second kappa shape index (κ2) is 7.23. The van der Waals surface area contributed by atoms with Gasteiger partial charge in [0.05, 0.1) is 0 Å². The molecule has 0 aliphatic rings. The lowest BCUT2D eigenvalue weighted by atomic mass is 10.1. The summed E-state index contributed by atoms with van der Waals surface area (Å²) < 4.78 is 0. The summed E-state index contributed by atoms with van der Waals surface area (Å²) >= 11 is 0. The van der Waals surface area contributed by atoms with E-state index < -0.39 is 0 Å². The Morgan fingerprint density at radius 3 is 2.62 bits per heavy atom. The highest BCUT2D eigenvalue weighted by Crippen LogP contribution is 2.28. The molecule has 0 atom stereocenters. The van der Waals surface area contributed by atoms with Crippen molar-refractivity contribution in [3.8, 4) is 0 Å². The molecule has 2 rings (SSSR count). The number of aromatic nitrogens is 1. The van der Waals surface area contributed by atoms with Crippen molar-refractivity contribution in [2.24, 2.45) is 5.92 Å². The Morgan fingerprint density at radius 1 is 1.14 bits per heavy atom. The third-order valence-corrected chi connectivity index (χ3v) is 3.58. The van der Waals surface area contributed by atoms with Crippen molar-refractivity contribution in [3.05, 3.63) is 53.9 Å². The van der Waals surface area contributed by atoms with Gasteiger partial charge in [0, 0.05) is 42.9 Å². The maximum absolute atomic E-state index is 4.27. The molecule has 0 saturated heterocycles. The number of para-hydroxylation sites is 1. The van der Waals surface area contributed by atoms with E-state index in [0.717, 1.165) is 13.1 Å². The van der Waals surface area contributed by atoms with Crippen molar-refractivity contribution in [3.63, 3.8) is 0 Å². The lowest BCUT2D eigenvalue weighted by molar-refractivity contribution is 0.552. The predicted octanol–water partition coefficient (Wildman–Crippen LogP) is 3.90. The number of pyridine rings is 1. The molecular weight excluding hydrogens is 258 g/mol. The topological polar surface area (TPSA) is 28.2 Å². The lowest BCUT2D eigenvalue weighted by Crippen LogP contribution is -2.21. The van der Waals surface area contributed by atoms with Gasteiger partial charge in [0.15, 0.2) is 0 Å². The molecule has 112 valence electrons. The third-order valence-electron chi connectivity index (χ3n) is 3.58. The van der Waals surface area contributed by atoms with E-state index >= 15 is 0 Å². The smallest absolute Gasteiger partial charge is 0.0484 e. The molecule has 0 amide bonds. The number of rotatable bonds is 6. The number of hydrogen-bond acceptors (Lipinski definition) is 3. The van der Waals surface area contributed by atoms with E-state index in [2.05, 4.69) is 73.4 Å².